The zero-order chi connectivity index (χ0) is 22.2. The van der Waals surface area contributed by atoms with Crippen molar-refractivity contribution in [2.75, 3.05) is 20.4 Å². The number of carbonyl (C=O) groups is 2. The third kappa shape index (κ3) is 3.92. The largest absolute Gasteiger partial charge is 0.427 e. The van der Waals surface area contributed by atoms with Crippen LogP contribution in [0.2, 0.25) is 0 Å². The van der Waals surface area contributed by atoms with Crippen LogP contribution in [0, 0.1) is 19.8 Å². The minimum absolute atomic E-state index is 0.0462. The molecule has 1 amide bonds. The predicted octanol–water partition coefficient (Wildman–Crippen LogP) is 4.13. The van der Waals surface area contributed by atoms with E-state index in [1.807, 2.05) is 39.0 Å². The number of carbonyl (C=O) groups excluding carboxylic acids is 2. The molecule has 31 heavy (non-hydrogen) atoms. The van der Waals surface area contributed by atoms with Gasteiger partial charge in [-0.3, -0.25) is 9.59 Å². The third-order valence-corrected chi connectivity index (χ3v) is 6.99. The topological polar surface area (TPSA) is 65.1 Å². The van der Waals surface area contributed by atoms with E-state index in [4.69, 9.17) is 14.2 Å². The van der Waals surface area contributed by atoms with Gasteiger partial charge in [0.1, 0.15) is 18.0 Å². The van der Waals surface area contributed by atoms with Crippen molar-refractivity contribution >= 4 is 17.4 Å². The number of amides is 1. The van der Waals surface area contributed by atoms with Crippen molar-refractivity contribution in [1.29, 1.82) is 0 Å². The number of hydrogen-bond acceptors (Lipinski definition) is 5. The number of esters is 1. The number of methoxy groups -OCH3 is 1. The minimum atomic E-state index is -0.671. The van der Waals surface area contributed by atoms with Gasteiger partial charge in [-0.25, -0.2) is 0 Å². The van der Waals surface area contributed by atoms with E-state index >= 15 is 0 Å². The highest BCUT2D eigenvalue weighted by atomic mass is 16.5. The number of hydrogen-bond donors (Lipinski definition) is 0. The van der Waals surface area contributed by atoms with Gasteiger partial charge in [-0.1, -0.05) is 18.2 Å². The summed E-state index contributed by atoms with van der Waals surface area (Å²) in [7, 11) is 1.73. The van der Waals surface area contributed by atoms with Crippen LogP contribution in [0.1, 0.15) is 62.1 Å². The maximum atomic E-state index is 13.9. The average molecular weight is 428 g/mol. The van der Waals surface area contributed by atoms with Crippen LogP contribution in [0.3, 0.4) is 0 Å². The molecular weight excluding hydrogens is 394 g/mol. The predicted molar refractivity (Wildman–Crippen MR) is 117 cm³/mol. The lowest BCUT2D eigenvalue weighted by Gasteiger charge is -2.43. The van der Waals surface area contributed by atoms with Crippen LogP contribution in [0.25, 0.3) is 5.57 Å². The van der Waals surface area contributed by atoms with E-state index < -0.39 is 5.54 Å². The Morgan fingerprint density at radius 2 is 1.77 bits per heavy atom. The van der Waals surface area contributed by atoms with E-state index in [-0.39, 0.29) is 30.6 Å². The van der Waals surface area contributed by atoms with E-state index in [9.17, 15) is 9.59 Å². The van der Waals surface area contributed by atoms with Crippen LogP contribution in [0.15, 0.2) is 24.0 Å². The Bertz CT molecular complexity index is 873. The molecule has 6 heteroatoms. The maximum Gasteiger partial charge on any atom is 0.314 e. The molecule has 6 nitrogen and oxygen atoms in total. The maximum absolute atomic E-state index is 13.9. The van der Waals surface area contributed by atoms with Crippen LogP contribution >= 0.6 is 0 Å². The van der Waals surface area contributed by atoms with Crippen LogP contribution < -0.4 is 0 Å². The first-order chi connectivity index (χ1) is 14.9. The fourth-order valence-corrected chi connectivity index (χ4v) is 5.03. The number of rotatable bonds is 7. The van der Waals surface area contributed by atoms with Crippen LogP contribution in [0.5, 0.6) is 0 Å². The van der Waals surface area contributed by atoms with Gasteiger partial charge < -0.3 is 19.1 Å². The molecule has 1 spiro atoms. The van der Waals surface area contributed by atoms with Crippen molar-refractivity contribution in [3.8, 4) is 0 Å². The van der Waals surface area contributed by atoms with Crippen molar-refractivity contribution in [2.24, 2.45) is 5.92 Å². The molecule has 2 fully saturated rings. The quantitative estimate of drug-likeness (QED) is 0.612. The molecule has 2 aliphatic carbocycles. The second kappa shape index (κ2) is 8.75. The lowest BCUT2D eigenvalue weighted by molar-refractivity contribution is -0.149. The summed E-state index contributed by atoms with van der Waals surface area (Å²) in [6, 6.07) is 5.99. The van der Waals surface area contributed by atoms with Gasteiger partial charge in [0.15, 0.2) is 0 Å². The first-order valence-electron chi connectivity index (χ1n) is 11.4. The van der Waals surface area contributed by atoms with Gasteiger partial charge in [0, 0.05) is 13.7 Å². The van der Waals surface area contributed by atoms with Gasteiger partial charge in [-0.2, -0.15) is 0 Å². The zero-order valence-corrected chi connectivity index (χ0v) is 19.0. The Kier molecular flexibility index (Phi) is 6.22. The highest BCUT2D eigenvalue weighted by Gasteiger charge is 2.56. The molecule has 0 atom stereocenters. The van der Waals surface area contributed by atoms with Crippen molar-refractivity contribution < 1.29 is 23.8 Å². The van der Waals surface area contributed by atoms with Crippen molar-refractivity contribution in [2.45, 2.75) is 70.9 Å². The first-order valence-corrected chi connectivity index (χ1v) is 11.4. The lowest BCUT2D eigenvalue weighted by atomic mass is 9.78. The minimum Gasteiger partial charge on any atom is -0.427 e. The molecule has 3 aliphatic rings. The fraction of sp³-hybridized carbons (Fsp3) is 0.600. The van der Waals surface area contributed by atoms with Crippen LogP contribution in [-0.4, -0.2) is 48.9 Å². The highest BCUT2D eigenvalue weighted by Crippen LogP contribution is 2.50. The number of nitrogens with zero attached hydrogens (tertiary/aromatic N) is 1. The Hall–Kier alpha value is -2.18. The molecule has 1 heterocycles. The second-order valence-corrected chi connectivity index (χ2v) is 8.99. The summed E-state index contributed by atoms with van der Waals surface area (Å²) < 4.78 is 17.5. The van der Waals surface area contributed by atoms with Crippen LogP contribution in [0.4, 0.5) is 0 Å². The molecule has 0 radical (unpaired) electrons. The Morgan fingerprint density at radius 1 is 1.13 bits per heavy atom. The molecule has 0 unspecified atom stereocenters. The molecule has 168 valence electrons. The van der Waals surface area contributed by atoms with E-state index in [0.29, 0.717) is 30.8 Å². The molecule has 0 bridgehead atoms. The molecule has 0 saturated heterocycles. The monoisotopic (exact) mass is 427 g/mol. The van der Waals surface area contributed by atoms with Crippen molar-refractivity contribution in [1.82, 2.24) is 4.90 Å². The molecule has 4 rings (SSSR count). The smallest absolute Gasteiger partial charge is 0.314 e. The Labute approximate surface area is 184 Å². The molecule has 1 aromatic rings. The third-order valence-electron chi connectivity index (χ3n) is 6.99. The molecule has 0 aromatic heterocycles. The molecule has 1 aliphatic heterocycles. The van der Waals surface area contributed by atoms with Gasteiger partial charge in [-0.15, -0.1) is 0 Å². The summed E-state index contributed by atoms with van der Waals surface area (Å²) in [5, 5.41) is 0. The average Bonchev–Trinajstić information content (AvgIpc) is 3.58. The summed E-state index contributed by atoms with van der Waals surface area (Å²) in [6.07, 6.45) is 4.85. The standard InChI is InChI=1S/C25H33NO5/c1-5-30-15-26-23(27)21(20-16(2)7-6-8-17(20)3)22(31-24(28)18-9-10-18)25(26)13-11-19(29-4)12-14-25/h6-8,18-19H,5,9-15H2,1-4H3. The number of benzene rings is 1. The second-order valence-electron chi connectivity index (χ2n) is 8.99. The fourth-order valence-electron chi connectivity index (χ4n) is 5.03. The van der Waals surface area contributed by atoms with Gasteiger partial charge in [-0.05, 0) is 76.0 Å². The van der Waals surface area contributed by atoms with Gasteiger partial charge >= 0.3 is 5.97 Å². The SMILES string of the molecule is CCOCN1C(=O)C(c2c(C)cccc2C)=C(OC(=O)C2CC2)C12CCC(OC)CC2. The van der Waals surface area contributed by atoms with Gasteiger partial charge in [0.25, 0.3) is 5.91 Å². The van der Waals surface area contributed by atoms with Gasteiger partial charge in [0.2, 0.25) is 0 Å². The summed E-state index contributed by atoms with van der Waals surface area (Å²) >= 11 is 0. The van der Waals surface area contributed by atoms with E-state index in [1.54, 1.807) is 12.0 Å². The normalized spacial score (nSPS) is 26.1. The zero-order valence-electron chi connectivity index (χ0n) is 19.0. The summed E-state index contributed by atoms with van der Waals surface area (Å²) in [5.74, 6) is 0.162. The van der Waals surface area contributed by atoms with Crippen molar-refractivity contribution in [3.05, 3.63) is 40.6 Å². The highest BCUT2D eigenvalue weighted by molar-refractivity contribution is 6.24. The van der Waals surface area contributed by atoms with E-state index in [2.05, 4.69) is 0 Å². The Balaban J connectivity index is 1.86. The number of ether oxygens (including phenoxy) is 3. The van der Waals surface area contributed by atoms with E-state index in [0.717, 1.165) is 42.4 Å². The van der Waals surface area contributed by atoms with Crippen molar-refractivity contribution in [3.63, 3.8) is 0 Å². The molecule has 2 saturated carbocycles. The Morgan fingerprint density at radius 3 is 2.32 bits per heavy atom. The van der Waals surface area contributed by atoms with E-state index in [1.165, 1.54) is 0 Å². The summed E-state index contributed by atoms with van der Waals surface area (Å²) in [4.78, 5) is 28.5. The molecular formula is C25H33NO5. The van der Waals surface area contributed by atoms with Crippen LogP contribution in [-0.2, 0) is 23.8 Å². The lowest BCUT2D eigenvalue weighted by Crippen LogP contribution is -2.52. The van der Waals surface area contributed by atoms with Gasteiger partial charge in [0.05, 0.1) is 17.6 Å². The molecule has 1 aromatic carbocycles. The summed E-state index contributed by atoms with van der Waals surface area (Å²) in [5.41, 5.74) is 2.73. The first kappa shape index (κ1) is 22.0. The summed E-state index contributed by atoms with van der Waals surface area (Å²) in [6.45, 7) is 6.62. The molecule has 0 N–H and O–H groups in total. The number of aryl methyl sites for hydroxylation is 2.